The average molecular weight is 215 g/mol. The molecule has 5 nitrogen and oxygen atoms in total. The van der Waals surface area contributed by atoms with Crippen molar-refractivity contribution in [3.05, 3.63) is 0 Å². The molecule has 2 atom stereocenters. The number of likely N-dealkylation sites (tertiary alicyclic amines) is 1. The number of hydrogen-bond donors (Lipinski definition) is 1. The summed E-state index contributed by atoms with van der Waals surface area (Å²) >= 11 is 0. The standard InChI is InChI=1S/C10H17NO4/c1-10(2,3)15-9(14)11-5-4-8(13)7(11)6-12/h6-8,13H,4-5H2,1-3H3/t7-,8?/m1/s1. The first-order valence-electron chi connectivity index (χ1n) is 4.98. The van der Waals surface area contributed by atoms with Crippen molar-refractivity contribution in [1.82, 2.24) is 4.90 Å². The van der Waals surface area contributed by atoms with Gasteiger partial charge in [0.05, 0.1) is 6.10 Å². The first-order chi connectivity index (χ1) is 6.85. The molecule has 5 heteroatoms. The number of aliphatic hydroxyl groups excluding tert-OH is 1. The number of hydrogen-bond acceptors (Lipinski definition) is 4. The Kier molecular flexibility index (Phi) is 3.34. The average Bonchev–Trinajstić information content (AvgIpc) is 2.43. The van der Waals surface area contributed by atoms with E-state index in [1.807, 2.05) is 0 Å². The van der Waals surface area contributed by atoms with Gasteiger partial charge >= 0.3 is 6.09 Å². The highest BCUT2D eigenvalue weighted by molar-refractivity contribution is 5.75. The molecule has 1 unspecified atom stereocenters. The van der Waals surface area contributed by atoms with Crippen molar-refractivity contribution >= 4 is 12.4 Å². The Bertz CT molecular complexity index is 259. The molecule has 0 aromatic carbocycles. The van der Waals surface area contributed by atoms with Crippen molar-refractivity contribution < 1.29 is 19.4 Å². The van der Waals surface area contributed by atoms with Crippen LogP contribution >= 0.6 is 0 Å². The molecule has 15 heavy (non-hydrogen) atoms. The minimum Gasteiger partial charge on any atom is -0.444 e. The molecule has 86 valence electrons. The molecular weight excluding hydrogens is 198 g/mol. The number of rotatable bonds is 1. The van der Waals surface area contributed by atoms with Gasteiger partial charge in [-0.25, -0.2) is 4.79 Å². The van der Waals surface area contributed by atoms with Crippen molar-refractivity contribution in [3.63, 3.8) is 0 Å². The lowest BCUT2D eigenvalue weighted by molar-refractivity contribution is -0.113. The molecular formula is C10H17NO4. The summed E-state index contributed by atoms with van der Waals surface area (Å²) in [7, 11) is 0. The van der Waals surface area contributed by atoms with Gasteiger partial charge in [0.25, 0.3) is 0 Å². The zero-order chi connectivity index (χ0) is 11.6. The normalized spacial score (nSPS) is 26.5. The van der Waals surface area contributed by atoms with E-state index in [4.69, 9.17) is 4.74 Å². The lowest BCUT2D eigenvalue weighted by Gasteiger charge is -2.26. The van der Waals surface area contributed by atoms with Gasteiger partial charge < -0.3 is 14.6 Å². The summed E-state index contributed by atoms with van der Waals surface area (Å²) in [5.74, 6) is 0. The third-order valence-corrected chi connectivity index (χ3v) is 2.19. The Balaban J connectivity index is 2.64. The van der Waals surface area contributed by atoms with E-state index >= 15 is 0 Å². The summed E-state index contributed by atoms with van der Waals surface area (Å²) in [4.78, 5) is 23.6. The monoisotopic (exact) mass is 215 g/mol. The fraction of sp³-hybridized carbons (Fsp3) is 0.800. The third kappa shape index (κ3) is 2.92. The molecule has 0 bridgehead atoms. The molecule has 0 spiro atoms. The van der Waals surface area contributed by atoms with E-state index in [1.54, 1.807) is 20.8 Å². The van der Waals surface area contributed by atoms with Crippen molar-refractivity contribution in [2.75, 3.05) is 6.54 Å². The van der Waals surface area contributed by atoms with Gasteiger partial charge in [-0.05, 0) is 27.2 Å². The minimum atomic E-state index is -0.769. The Morgan fingerprint density at radius 3 is 2.60 bits per heavy atom. The molecule has 0 saturated carbocycles. The van der Waals surface area contributed by atoms with E-state index in [-0.39, 0.29) is 0 Å². The zero-order valence-electron chi connectivity index (χ0n) is 9.27. The molecule has 1 aliphatic rings. The van der Waals surface area contributed by atoms with Crippen LogP contribution in [0.3, 0.4) is 0 Å². The van der Waals surface area contributed by atoms with E-state index in [2.05, 4.69) is 0 Å². The first kappa shape index (κ1) is 12.0. The second-order valence-electron chi connectivity index (χ2n) is 4.66. The predicted octanol–water partition coefficient (Wildman–Crippen LogP) is 0.556. The number of nitrogens with zero attached hydrogens (tertiary/aromatic N) is 1. The highest BCUT2D eigenvalue weighted by Gasteiger charge is 2.37. The summed E-state index contributed by atoms with van der Waals surface area (Å²) in [6, 6.07) is -0.764. The predicted molar refractivity (Wildman–Crippen MR) is 53.4 cm³/mol. The molecule has 0 radical (unpaired) electrons. The molecule has 1 rings (SSSR count). The lowest BCUT2D eigenvalue weighted by atomic mass is 10.2. The van der Waals surface area contributed by atoms with Gasteiger partial charge in [0, 0.05) is 6.54 Å². The van der Waals surface area contributed by atoms with E-state index in [9.17, 15) is 14.7 Å². The van der Waals surface area contributed by atoms with E-state index < -0.39 is 23.8 Å². The SMILES string of the molecule is CC(C)(C)OC(=O)N1CCC(O)[C@H]1C=O. The second kappa shape index (κ2) is 4.18. The maximum atomic E-state index is 11.6. The Morgan fingerprint density at radius 1 is 1.53 bits per heavy atom. The van der Waals surface area contributed by atoms with Crippen LogP contribution in [0.2, 0.25) is 0 Å². The molecule has 1 saturated heterocycles. The summed E-state index contributed by atoms with van der Waals surface area (Å²) in [5.41, 5.74) is -0.585. The van der Waals surface area contributed by atoms with Crippen LogP contribution < -0.4 is 0 Å². The van der Waals surface area contributed by atoms with Crippen molar-refractivity contribution in [3.8, 4) is 0 Å². The molecule has 1 heterocycles. The number of aliphatic hydroxyl groups is 1. The Morgan fingerprint density at radius 2 is 2.13 bits per heavy atom. The molecule has 0 aromatic heterocycles. The molecule has 0 aromatic rings. The van der Waals surface area contributed by atoms with Gasteiger partial charge in [0.2, 0.25) is 0 Å². The number of carbonyl (C=O) groups is 2. The van der Waals surface area contributed by atoms with Gasteiger partial charge in [-0.1, -0.05) is 0 Å². The van der Waals surface area contributed by atoms with Gasteiger partial charge in [0.15, 0.2) is 0 Å². The van der Waals surface area contributed by atoms with Crippen LogP contribution in [-0.2, 0) is 9.53 Å². The number of amides is 1. The highest BCUT2D eigenvalue weighted by atomic mass is 16.6. The van der Waals surface area contributed by atoms with E-state index in [0.29, 0.717) is 19.3 Å². The van der Waals surface area contributed by atoms with Crippen molar-refractivity contribution in [2.45, 2.75) is 44.9 Å². The fourth-order valence-corrected chi connectivity index (χ4v) is 1.50. The molecule has 1 amide bonds. The number of ether oxygens (including phenoxy) is 1. The van der Waals surface area contributed by atoms with Gasteiger partial charge in [0.1, 0.15) is 17.9 Å². The summed E-state index contributed by atoms with van der Waals surface area (Å²) in [6.07, 6.45) is -0.310. The van der Waals surface area contributed by atoms with Crippen LogP contribution in [0.4, 0.5) is 4.79 Å². The second-order valence-corrected chi connectivity index (χ2v) is 4.66. The van der Waals surface area contributed by atoms with E-state index in [0.717, 1.165) is 0 Å². The zero-order valence-corrected chi connectivity index (χ0v) is 9.27. The van der Waals surface area contributed by atoms with Crippen molar-refractivity contribution in [2.24, 2.45) is 0 Å². The lowest BCUT2D eigenvalue weighted by Crippen LogP contribution is -2.43. The minimum absolute atomic E-state index is 0.361. The third-order valence-electron chi connectivity index (χ3n) is 2.19. The fourth-order valence-electron chi connectivity index (χ4n) is 1.50. The van der Waals surface area contributed by atoms with Crippen LogP contribution in [0, 0.1) is 0 Å². The summed E-state index contributed by atoms with van der Waals surface area (Å²) < 4.78 is 5.12. The highest BCUT2D eigenvalue weighted by Crippen LogP contribution is 2.19. The first-order valence-corrected chi connectivity index (χ1v) is 4.98. The largest absolute Gasteiger partial charge is 0.444 e. The van der Waals surface area contributed by atoms with Gasteiger partial charge in [-0.15, -0.1) is 0 Å². The smallest absolute Gasteiger partial charge is 0.410 e. The van der Waals surface area contributed by atoms with Crippen LogP contribution in [-0.4, -0.2) is 46.7 Å². The van der Waals surface area contributed by atoms with Crippen LogP contribution in [0.15, 0.2) is 0 Å². The number of carbonyl (C=O) groups excluding carboxylic acids is 2. The number of aldehydes is 1. The Hall–Kier alpha value is -1.10. The maximum Gasteiger partial charge on any atom is 0.410 e. The molecule has 1 aliphatic heterocycles. The van der Waals surface area contributed by atoms with Crippen LogP contribution in [0.25, 0.3) is 0 Å². The van der Waals surface area contributed by atoms with E-state index in [1.165, 1.54) is 4.90 Å². The van der Waals surface area contributed by atoms with Gasteiger partial charge in [-0.3, -0.25) is 4.90 Å². The Labute approximate surface area is 89.0 Å². The molecule has 0 aliphatic carbocycles. The molecule has 1 N–H and O–H groups in total. The molecule has 1 fully saturated rings. The van der Waals surface area contributed by atoms with Gasteiger partial charge in [-0.2, -0.15) is 0 Å². The maximum absolute atomic E-state index is 11.6. The topological polar surface area (TPSA) is 66.8 Å². The summed E-state index contributed by atoms with van der Waals surface area (Å²) in [5, 5.41) is 9.43. The van der Waals surface area contributed by atoms with Crippen LogP contribution in [0.1, 0.15) is 27.2 Å². The van der Waals surface area contributed by atoms with Crippen LogP contribution in [0.5, 0.6) is 0 Å². The quantitative estimate of drug-likeness (QED) is 0.649. The summed E-state index contributed by atoms with van der Waals surface area (Å²) in [6.45, 7) is 5.63. The van der Waals surface area contributed by atoms with Crippen molar-refractivity contribution in [1.29, 1.82) is 0 Å².